The first kappa shape index (κ1) is 10.8. The second kappa shape index (κ2) is 3.86. The van der Waals surface area contributed by atoms with Crippen LogP contribution in [0.25, 0.3) is 0 Å². The second-order valence-corrected chi connectivity index (χ2v) is 3.58. The lowest BCUT2D eigenvalue weighted by molar-refractivity contribution is -0.189. The van der Waals surface area contributed by atoms with Gasteiger partial charge in [-0.05, 0) is 32.6 Å². The van der Waals surface area contributed by atoms with Crippen molar-refractivity contribution in [3.05, 3.63) is 0 Å². The Balaban J connectivity index is 2.21. The fourth-order valence-corrected chi connectivity index (χ4v) is 1.48. The van der Waals surface area contributed by atoms with Crippen LogP contribution in [0.2, 0.25) is 0 Å². The predicted molar refractivity (Wildman–Crippen MR) is 43.4 cm³/mol. The summed E-state index contributed by atoms with van der Waals surface area (Å²) in [4.78, 5) is 0. The van der Waals surface area contributed by atoms with Crippen molar-refractivity contribution < 1.29 is 17.9 Å². The average molecular weight is 196 g/mol. The summed E-state index contributed by atoms with van der Waals surface area (Å²) in [5.41, 5.74) is -1.34. The monoisotopic (exact) mass is 196 g/mol. The molecule has 0 amide bonds. The molecule has 0 bridgehead atoms. The van der Waals surface area contributed by atoms with Crippen LogP contribution in [-0.4, -0.2) is 19.4 Å². The zero-order valence-corrected chi connectivity index (χ0v) is 7.78. The SMILES string of the molecule is CCOCCCC1(C(F)(F)F)CC1. The van der Waals surface area contributed by atoms with Crippen LogP contribution in [0.15, 0.2) is 0 Å². The number of hydrogen-bond donors (Lipinski definition) is 0. The van der Waals surface area contributed by atoms with Crippen molar-refractivity contribution in [2.24, 2.45) is 5.41 Å². The molecule has 1 nitrogen and oxygen atoms in total. The average Bonchev–Trinajstić information content (AvgIpc) is 2.77. The molecule has 0 aromatic heterocycles. The van der Waals surface area contributed by atoms with E-state index in [0.29, 0.717) is 32.5 Å². The van der Waals surface area contributed by atoms with Gasteiger partial charge in [-0.1, -0.05) is 0 Å². The van der Waals surface area contributed by atoms with E-state index in [1.54, 1.807) is 0 Å². The molecule has 1 rings (SSSR count). The maximum absolute atomic E-state index is 12.4. The first-order valence-electron chi connectivity index (χ1n) is 4.66. The van der Waals surface area contributed by atoms with E-state index in [2.05, 4.69) is 0 Å². The van der Waals surface area contributed by atoms with E-state index in [9.17, 15) is 13.2 Å². The van der Waals surface area contributed by atoms with E-state index in [1.165, 1.54) is 0 Å². The summed E-state index contributed by atoms with van der Waals surface area (Å²) in [6, 6.07) is 0. The molecule has 0 aliphatic heterocycles. The van der Waals surface area contributed by atoms with Crippen LogP contribution < -0.4 is 0 Å². The van der Waals surface area contributed by atoms with Crippen molar-refractivity contribution in [1.29, 1.82) is 0 Å². The van der Waals surface area contributed by atoms with E-state index in [4.69, 9.17) is 4.74 Å². The minimum Gasteiger partial charge on any atom is -0.382 e. The van der Waals surface area contributed by atoms with Crippen molar-refractivity contribution in [3.8, 4) is 0 Å². The zero-order chi connectivity index (χ0) is 9.95. The molecule has 0 aromatic rings. The minimum absolute atomic E-state index is 0.233. The number of hydrogen-bond acceptors (Lipinski definition) is 1. The van der Waals surface area contributed by atoms with Gasteiger partial charge in [0.25, 0.3) is 0 Å². The maximum atomic E-state index is 12.4. The molecule has 1 aliphatic rings. The molecule has 0 atom stereocenters. The van der Waals surface area contributed by atoms with E-state index < -0.39 is 11.6 Å². The molecule has 0 unspecified atom stereocenters. The fourth-order valence-electron chi connectivity index (χ4n) is 1.48. The Kier molecular flexibility index (Phi) is 3.22. The van der Waals surface area contributed by atoms with E-state index in [-0.39, 0.29) is 6.42 Å². The number of ether oxygens (including phenoxy) is 1. The number of rotatable bonds is 5. The van der Waals surface area contributed by atoms with E-state index in [0.717, 1.165) is 0 Å². The molecule has 1 aliphatic carbocycles. The Labute approximate surface area is 76.3 Å². The van der Waals surface area contributed by atoms with Crippen LogP contribution in [0.3, 0.4) is 0 Å². The summed E-state index contributed by atoms with van der Waals surface area (Å²) in [5.74, 6) is 0. The Morgan fingerprint density at radius 1 is 1.31 bits per heavy atom. The lowest BCUT2D eigenvalue weighted by Gasteiger charge is -2.18. The van der Waals surface area contributed by atoms with Gasteiger partial charge in [0.15, 0.2) is 0 Å². The molecular formula is C9H15F3O. The molecule has 0 saturated heterocycles. The van der Waals surface area contributed by atoms with Crippen LogP contribution >= 0.6 is 0 Å². The van der Waals surface area contributed by atoms with Gasteiger partial charge in [-0.2, -0.15) is 13.2 Å². The quantitative estimate of drug-likeness (QED) is 0.614. The molecule has 1 saturated carbocycles. The van der Waals surface area contributed by atoms with Crippen molar-refractivity contribution >= 4 is 0 Å². The second-order valence-electron chi connectivity index (χ2n) is 3.58. The van der Waals surface area contributed by atoms with Crippen LogP contribution in [0.1, 0.15) is 32.6 Å². The van der Waals surface area contributed by atoms with Gasteiger partial charge >= 0.3 is 6.18 Å². The zero-order valence-electron chi connectivity index (χ0n) is 7.78. The third-order valence-corrected chi connectivity index (χ3v) is 2.60. The lowest BCUT2D eigenvalue weighted by atomic mass is 10.0. The first-order valence-corrected chi connectivity index (χ1v) is 4.66. The van der Waals surface area contributed by atoms with Gasteiger partial charge in [-0.3, -0.25) is 0 Å². The highest BCUT2D eigenvalue weighted by Crippen LogP contribution is 2.60. The summed E-state index contributed by atoms with van der Waals surface area (Å²) in [7, 11) is 0. The minimum atomic E-state index is -4.00. The van der Waals surface area contributed by atoms with E-state index >= 15 is 0 Å². The number of halogens is 3. The van der Waals surface area contributed by atoms with E-state index in [1.807, 2.05) is 6.92 Å². The molecule has 13 heavy (non-hydrogen) atoms. The van der Waals surface area contributed by atoms with Gasteiger partial charge in [-0.15, -0.1) is 0 Å². The number of alkyl halides is 3. The highest BCUT2D eigenvalue weighted by Gasteiger charge is 2.62. The maximum Gasteiger partial charge on any atom is 0.394 e. The smallest absolute Gasteiger partial charge is 0.382 e. The van der Waals surface area contributed by atoms with Gasteiger partial charge in [-0.25, -0.2) is 0 Å². The normalized spacial score (nSPS) is 20.3. The van der Waals surface area contributed by atoms with Gasteiger partial charge in [0, 0.05) is 13.2 Å². The van der Waals surface area contributed by atoms with Gasteiger partial charge in [0.05, 0.1) is 5.41 Å². The molecule has 0 N–H and O–H groups in total. The molecule has 0 heterocycles. The highest BCUT2D eigenvalue weighted by molar-refractivity contribution is 4.98. The molecule has 0 aromatic carbocycles. The highest BCUT2D eigenvalue weighted by atomic mass is 19.4. The molecule has 78 valence electrons. The summed E-state index contributed by atoms with van der Waals surface area (Å²) in [6.07, 6.45) is -2.63. The van der Waals surface area contributed by atoms with Crippen molar-refractivity contribution in [1.82, 2.24) is 0 Å². The standard InChI is InChI=1S/C9H15F3O/c1-2-13-7-3-4-8(5-6-8)9(10,11)12/h2-7H2,1H3. The summed E-state index contributed by atoms with van der Waals surface area (Å²) >= 11 is 0. The molecule has 1 fully saturated rings. The Morgan fingerprint density at radius 3 is 2.31 bits per heavy atom. The Morgan fingerprint density at radius 2 is 1.92 bits per heavy atom. The Bertz CT molecular complexity index is 161. The van der Waals surface area contributed by atoms with Crippen LogP contribution in [0.5, 0.6) is 0 Å². The van der Waals surface area contributed by atoms with Crippen LogP contribution in [0.4, 0.5) is 13.2 Å². The lowest BCUT2D eigenvalue weighted by Crippen LogP contribution is -2.24. The first-order chi connectivity index (χ1) is 6.02. The van der Waals surface area contributed by atoms with Crippen LogP contribution in [0, 0.1) is 5.41 Å². The van der Waals surface area contributed by atoms with Gasteiger partial charge < -0.3 is 4.74 Å². The van der Waals surface area contributed by atoms with Crippen molar-refractivity contribution in [2.45, 2.75) is 38.8 Å². The topological polar surface area (TPSA) is 9.23 Å². The molecule has 4 heteroatoms. The fraction of sp³-hybridized carbons (Fsp3) is 1.00. The largest absolute Gasteiger partial charge is 0.394 e. The third-order valence-electron chi connectivity index (χ3n) is 2.60. The van der Waals surface area contributed by atoms with Crippen molar-refractivity contribution in [3.63, 3.8) is 0 Å². The van der Waals surface area contributed by atoms with Gasteiger partial charge in [0.2, 0.25) is 0 Å². The summed E-state index contributed by atoms with van der Waals surface area (Å²) in [5, 5.41) is 0. The summed E-state index contributed by atoms with van der Waals surface area (Å²) < 4.78 is 42.1. The molecule has 0 radical (unpaired) electrons. The van der Waals surface area contributed by atoms with Gasteiger partial charge in [0.1, 0.15) is 0 Å². The Hall–Kier alpha value is -0.250. The van der Waals surface area contributed by atoms with Crippen molar-refractivity contribution in [2.75, 3.05) is 13.2 Å². The molecule has 0 spiro atoms. The molecular weight excluding hydrogens is 181 g/mol. The third kappa shape index (κ3) is 2.59. The van der Waals surface area contributed by atoms with Crippen LogP contribution in [-0.2, 0) is 4.74 Å². The predicted octanol–water partition coefficient (Wildman–Crippen LogP) is 3.15. The summed E-state index contributed by atoms with van der Waals surface area (Å²) in [6.45, 7) is 2.88.